The minimum atomic E-state index is 0.846. The molecule has 0 spiro atoms. The molecule has 17 heavy (non-hydrogen) atoms. The molecule has 3 heteroatoms. The van der Waals surface area contributed by atoms with Crippen molar-refractivity contribution in [3.8, 4) is 0 Å². The fourth-order valence-electron chi connectivity index (χ4n) is 2.02. The zero-order valence-corrected chi connectivity index (χ0v) is 11.0. The molecule has 0 unspecified atom stereocenters. The Balaban J connectivity index is 1.52. The van der Waals surface area contributed by atoms with E-state index < -0.39 is 0 Å². The van der Waals surface area contributed by atoms with Gasteiger partial charge in [-0.2, -0.15) is 0 Å². The molecule has 1 aromatic heterocycles. The first kappa shape index (κ1) is 12.7. The van der Waals surface area contributed by atoms with Crippen LogP contribution in [0.25, 0.3) is 0 Å². The van der Waals surface area contributed by atoms with Crippen molar-refractivity contribution in [2.45, 2.75) is 45.2 Å². The Kier molecular flexibility index (Phi) is 4.63. The number of furan rings is 1. The maximum Gasteiger partial charge on any atom is 0.118 e. The van der Waals surface area contributed by atoms with E-state index in [1.54, 1.807) is 0 Å². The number of aryl methyl sites for hydroxylation is 1. The minimum Gasteiger partial charge on any atom is -0.465 e. The van der Waals surface area contributed by atoms with E-state index in [4.69, 9.17) is 4.42 Å². The van der Waals surface area contributed by atoms with Crippen LogP contribution in [0.2, 0.25) is 0 Å². The Hall–Kier alpha value is -0.800. The normalized spacial score (nSPS) is 15.7. The van der Waals surface area contributed by atoms with Crippen molar-refractivity contribution < 1.29 is 4.42 Å². The first-order valence-electron chi connectivity index (χ1n) is 6.71. The van der Waals surface area contributed by atoms with Crippen molar-refractivity contribution in [1.82, 2.24) is 10.2 Å². The minimum absolute atomic E-state index is 0.846. The predicted octanol–water partition coefficient (Wildman–Crippen LogP) is 2.55. The molecule has 2 rings (SSSR count). The molecule has 0 aromatic carbocycles. The fraction of sp³-hybridized carbons (Fsp3) is 0.714. The molecule has 1 saturated carbocycles. The smallest absolute Gasteiger partial charge is 0.118 e. The highest BCUT2D eigenvalue weighted by molar-refractivity contribution is 5.05. The van der Waals surface area contributed by atoms with Gasteiger partial charge in [0.15, 0.2) is 0 Å². The second-order valence-corrected chi connectivity index (χ2v) is 5.19. The van der Waals surface area contributed by atoms with Gasteiger partial charge >= 0.3 is 0 Å². The van der Waals surface area contributed by atoms with Gasteiger partial charge in [0.25, 0.3) is 0 Å². The van der Waals surface area contributed by atoms with Gasteiger partial charge in [-0.1, -0.05) is 0 Å². The Morgan fingerprint density at radius 3 is 2.82 bits per heavy atom. The van der Waals surface area contributed by atoms with Crippen molar-refractivity contribution in [1.29, 1.82) is 0 Å². The van der Waals surface area contributed by atoms with E-state index >= 15 is 0 Å². The third-order valence-electron chi connectivity index (χ3n) is 3.20. The summed E-state index contributed by atoms with van der Waals surface area (Å²) in [5, 5.41) is 3.55. The van der Waals surface area contributed by atoms with Gasteiger partial charge in [-0.3, -0.25) is 4.90 Å². The molecule has 1 aliphatic carbocycles. The Labute approximate surface area is 104 Å². The van der Waals surface area contributed by atoms with Crippen molar-refractivity contribution in [3.63, 3.8) is 0 Å². The molecule has 0 atom stereocenters. The van der Waals surface area contributed by atoms with Crippen molar-refractivity contribution in [2.24, 2.45) is 0 Å². The van der Waals surface area contributed by atoms with Gasteiger partial charge in [0.2, 0.25) is 0 Å². The standard InChI is InChI=1S/C14H24N2O/c1-12-5-8-14(17-12)11-16(2)10-4-3-9-15-13-6-7-13/h5,8,13,15H,3-4,6-7,9-11H2,1-2H3. The van der Waals surface area contributed by atoms with Crippen LogP contribution < -0.4 is 5.32 Å². The summed E-state index contributed by atoms with van der Waals surface area (Å²) in [4.78, 5) is 2.33. The highest BCUT2D eigenvalue weighted by atomic mass is 16.3. The number of hydrogen-bond donors (Lipinski definition) is 1. The lowest BCUT2D eigenvalue weighted by Gasteiger charge is -2.14. The highest BCUT2D eigenvalue weighted by Gasteiger charge is 2.19. The molecule has 1 aliphatic rings. The van der Waals surface area contributed by atoms with Crippen LogP contribution in [0.1, 0.15) is 37.2 Å². The van der Waals surface area contributed by atoms with Gasteiger partial charge in [0.1, 0.15) is 11.5 Å². The van der Waals surface area contributed by atoms with Crippen molar-refractivity contribution in [2.75, 3.05) is 20.1 Å². The fourth-order valence-corrected chi connectivity index (χ4v) is 2.02. The van der Waals surface area contributed by atoms with Gasteiger partial charge in [-0.15, -0.1) is 0 Å². The van der Waals surface area contributed by atoms with Gasteiger partial charge in [-0.05, 0) is 64.9 Å². The van der Waals surface area contributed by atoms with Gasteiger partial charge in [0.05, 0.1) is 6.54 Å². The summed E-state index contributed by atoms with van der Waals surface area (Å²) < 4.78 is 5.57. The maximum atomic E-state index is 5.57. The van der Waals surface area contributed by atoms with E-state index in [0.717, 1.165) is 30.7 Å². The lowest BCUT2D eigenvalue weighted by Crippen LogP contribution is -2.21. The quantitative estimate of drug-likeness (QED) is 0.703. The Morgan fingerprint density at radius 1 is 1.35 bits per heavy atom. The zero-order valence-electron chi connectivity index (χ0n) is 11.0. The number of rotatable bonds is 8. The van der Waals surface area contributed by atoms with Crippen LogP contribution in [0.5, 0.6) is 0 Å². The molecule has 0 amide bonds. The van der Waals surface area contributed by atoms with Crippen LogP contribution in [-0.4, -0.2) is 31.1 Å². The van der Waals surface area contributed by atoms with Gasteiger partial charge in [0, 0.05) is 6.04 Å². The Bertz CT molecular complexity index is 331. The number of nitrogens with one attached hydrogen (secondary N) is 1. The van der Waals surface area contributed by atoms with Crippen LogP contribution in [-0.2, 0) is 6.54 Å². The van der Waals surface area contributed by atoms with Crippen LogP contribution in [0.3, 0.4) is 0 Å². The van der Waals surface area contributed by atoms with E-state index in [1.165, 1.54) is 32.2 Å². The highest BCUT2D eigenvalue weighted by Crippen LogP contribution is 2.18. The van der Waals surface area contributed by atoms with Crippen LogP contribution in [0.4, 0.5) is 0 Å². The lowest BCUT2D eigenvalue weighted by molar-refractivity contribution is 0.286. The molecule has 1 aromatic rings. The van der Waals surface area contributed by atoms with Crippen molar-refractivity contribution >= 4 is 0 Å². The second-order valence-electron chi connectivity index (χ2n) is 5.19. The zero-order chi connectivity index (χ0) is 12.1. The van der Waals surface area contributed by atoms with Crippen LogP contribution in [0, 0.1) is 6.92 Å². The summed E-state index contributed by atoms with van der Waals surface area (Å²) >= 11 is 0. The molecular formula is C14H24N2O. The third-order valence-corrected chi connectivity index (χ3v) is 3.20. The average Bonchev–Trinajstić information content (AvgIpc) is 3.02. The van der Waals surface area contributed by atoms with E-state index in [2.05, 4.69) is 23.3 Å². The molecule has 0 aliphatic heterocycles. The topological polar surface area (TPSA) is 28.4 Å². The van der Waals surface area contributed by atoms with Crippen molar-refractivity contribution in [3.05, 3.63) is 23.7 Å². The van der Waals surface area contributed by atoms with E-state index in [0.29, 0.717) is 0 Å². The molecule has 3 nitrogen and oxygen atoms in total. The average molecular weight is 236 g/mol. The van der Waals surface area contributed by atoms with Crippen LogP contribution >= 0.6 is 0 Å². The first-order chi connectivity index (χ1) is 8.24. The molecule has 96 valence electrons. The summed E-state index contributed by atoms with van der Waals surface area (Å²) in [6.07, 6.45) is 5.31. The summed E-state index contributed by atoms with van der Waals surface area (Å²) in [7, 11) is 2.16. The first-order valence-corrected chi connectivity index (χ1v) is 6.71. The third kappa shape index (κ3) is 4.92. The summed E-state index contributed by atoms with van der Waals surface area (Å²) in [6, 6.07) is 4.95. The molecule has 1 heterocycles. The number of unbranched alkanes of at least 4 members (excludes halogenated alkanes) is 1. The monoisotopic (exact) mass is 236 g/mol. The molecule has 1 fully saturated rings. The largest absolute Gasteiger partial charge is 0.465 e. The Morgan fingerprint density at radius 2 is 2.18 bits per heavy atom. The second kappa shape index (κ2) is 6.22. The SMILES string of the molecule is Cc1ccc(CN(C)CCCCNC2CC2)o1. The molecule has 1 N–H and O–H groups in total. The summed E-state index contributed by atoms with van der Waals surface area (Å²) in [5.41, 5.74) is 0. The van der Waals surface area contributed by atoms with E-state index in [-0.39, 0.29) is 0 Å². The number of nitrogens with zero attached hydrogens (tertiary/aromatic N) is 1. The molecule has 0 saturated heterocycles. The lowest BCUT2D eigenvalue weighted by atomic mass is 10.3. The predicted molar refractivity (Wildman–Crippen MR) is 70.0 cm³/mol. The van der Waals surface area contributed by atoms with Gasteiger partial charge in [-0.25, -0.2) is 0 Å². The van der Waals surface area contributed by atoms with Crippen LogP contribution in [0.15, 0.2) is 16.5 Å². The van der Waals surface area contributed by atoms with E-state index in [1.807, 2.05) is 13.0 Å². The van der Waals surface area contributed by atoms with Gasteiger partial charge < -0.3 is 9.73 Å². The van der Waals surface area contributed by atoms with E-state index in [9.17, 15) is 0 Å². The number of hydrogen-bond acceptors (Lipinski definition) is 3. The summed E-state index contributed by atoms with van der Waals surface area (Å²) in [5.74, 6) is 2.07. The molecule has 0 bridgehead atoms. The maximum absolute atomic E-state index is 5.57. The molecule has 0 radical (unpaired) electrons. The molecular weight excluding hydrogens is 212 g/mol. The summed E-state index contributed by atoms with van der Waals surface area (Å²) in [6.45, 7) is 5.24.